The van der Waals surface area contributed by atoms with E-state index in [4.69, 9.17) is 4.74 Å². The van der Waals surface area contributed by atoms with Gasteiger partial charge in [-0.2, -0.15) is 0 Å². The second-order valence-corrected chi connectivity index (χ2v) is 9.32. The lowest BCUT2D eigenvalue weighted by Gasteiger charge is -2.29. The number of amides is 2. The predicted molar refractivity (Wildman–Crippen MR) is 131 cm³/mol. The minimum absolute atomic E-state index is 0.0452. The fourth-order valence-corrected chi connectivity index (χ4v) is 3.74. The maximum absolute atomic E-state index is 13.1. The van der Waals surface area contributed by atoms with E-state index in [9.17, 15) is 9.59 Å². The average molecular weight is 554 g/mol. The summed E-state index contributed by atoms with van der Waals surface area (Å²) < 4.78 is 7.56. The van der Waals surface area contributed by atoms with Gasteiger partial charge in [0.05, 0.1) is 4.47 Å². The van der Waals surface area contributed by atoms with Gasteiger partial charge in [0.2, 0.25) is 5.91 Å². The minimum atomic E-state index is -0.625. The zero-order valence-electron chi connectivity index (χ0n) is 18.5. The standard InChI is InChI=1S/C24H30Br2N2O3/c1-5-16(3)27-24(30)17(4)28(14-19-7-10-20(25)11-8-19)23(29)15-31-22-12-9-18(6-2)13-21(22)26/h7-13,16-17H,5-6,14-15H2,1-4H3,(H,27,30). The zero-order chi connectivity index (χ0) is 23.0. The number of nitrogens with zero attached hydrogens (tertiary/aromatic N) is 1. The molecule has 2 aromatic carbocycles. The first-order valence-electron chi connectivity index (χ1n) is 10.5. The third-order valence-corrected chi connectivity index (χ3v) is 6.34. The maximum Gasteiger partial charge on any atom is 0.261 e. The second-order valence-electron chi connectivity index (χ2n) is 7.55. The molecule has 168 valence electrons. The number of ether oxygens (including phenoxy) is 1. The van der Waals surface area contributed by atoms with Crippen LogP contribution in [-0.2, 0) is 22.6 Å². The van der Waals surface area contributed by atoms with Crippen LogP contribution in [0.15, 0.2) is 51.4 Å². The number of carbonyl (C=O) groups is 2. The number of nitrogens with one attached hydrogen (secondary N) is 1. The van der Waals surface area contributed by atoms with Crippen molar-refractivity contribution in [3.05, 3.63) is 62.5 Å². The Balaban J connectivity index is 2.16. The number of hydrogen-bond acceptors (Lipinski definition) is 3. The Morgan fingerprint density at radius 3 is 2.26 bits per heavy atom. The molecule has 2 rings (SSSR count). The number of aryl methyl sites for hydroxylation is 1. The first kappa shape index (κ1) is 25.4. The molecule has 0 aliphatic heterocycles. The van der Waals surface area contributed by atoms with E-state index in [1.165, 1.54) is 5.56 Å². The minimum Gasteiger partial charge on any atom is -0.483 e. The molecule has 0 spiro atoms. The van der Waals surface area contributed by atoms with Gasteiger partial charge in [-0.15, -0.1) is 0 Å². The lowest BCUT2D eigenvalue weighted by Crippen LogP contribution is -2.50. The molecule has 2 aromatic rings. The Labute approximate surface area is 201 Å². The van der Waals surface area contributed by atoms with Crippen molar-refractivity contribution in [2.75, 3.05) is 6.61 Å². The van der Waals surface area contributed by atoms with Gasteiger partial charge in [-0.1, -0.05) is 48.0 Å². The van der Waals surface area contributed by atoms with Crippen molar-refractivity contribution in [2.45, 2.75) is 59.2 Å². The van der Waals surface area contributed by atoms with Crippen LogP contribution >= 0.6 is 31.9 Å². The number of halogens is 2. The highest BCUT2D eigenvalue weighted by atomic mass is 79.9. The Bertz CT molecular complexity index is 887. The summed E-state index contributed by atoms with van der Waals surface area (Å²) in [7, 11) is 0. The van der Waals surface area contributed by atoms with E-state index in [0.29, 0.717) is 12.3 Å². The molecule has 0 bridgehead atoms. The van der Waals surface area contributed by atoms with Crippen LogP contribution in [0.2, 0.25) is 0 Å². The molecule has 2 unspecified atom stereocenters. The number of carbonyl (C=O) groups excluding carboxylic acids is 2. The Kier molecular flexibility index (Phi) is 10.0. The zero-order valence-corrected chi connectivity index (χ0v) is 21.6. The summed E-state index contributed by atoms with van der Waals surface area (Å²) in [5.41, 5.74) is 2.12. The van der Waals surface area contributed by atoms with Crippen LogP contribution in [0.4, 0.5) is 0 Å². The van der Waals surface area contributed by atoms with Gasteiger partial charge in [0.15, 0.2) is 6.61 Å². The van der Waals surface area contributed by atoms with Crippen LogP contribution in [0.1, 0.15) is 45.2 Å². The summed E-state index contributed by atoms with van der Waals surface area (Å²) in [5, 5.41) is 2.97. The molecular formula is C24H30Br2N2O3. The van der Waals surface area contributed by atoms with E-state index in [1.807, 2.05) is 56.3 Å². The van der Waals surface area contributed by atoms with Crippen molar-refractivity contribution in [1.29, 1.82) is 0 Å². The van der Waals surface area contributed by atoms with Gasteiger partial charge in [0.1, 0.15) is 11.8 Å². The predicted octanol–water partition coefficient (Wildman–Crippen LogP) is 5.48. The van der Waals surface area contributed by atoms with Crippen molar-refractivity contribution < 1.29 is 14.3 Å². The lowest BCUT2D eigenvalue weighted by atomic mass is 10.1. The van der Waals surface area contributed by atoms with E-state index in [1.54, 1.807) is 11.8 Å². The fraction of sp³-hybridized carbons (Fsp3) is 0.417. The van der Waals surface area contributed by atoms with Crippen molar-refractivity contribution in [3.8, 4) is 5.75 Å². The van der Waals surface area contributed by atoms with Gasteiger partial charge in [-0.05, 0) is 78.0 Å². The van der Waals surface area contributed by atoms with Crippen LogP contribution in [0.3, 0.4) is 0 Å². The van der Waals surface area contributed by atoms with E-state index in [2.05, 4.69) is 44.1 Å². The smallest absolute Gasteiger partial charge is 0.261 e. The van der Waals surface area contributed by atoms with E-state index >= 15 is 0 Å². The van der Waals surface area contributed by atoms with Gasteiger partial charge >= 0.3 is 0 Å². The maximum atomic E-state index is 13.1. The molecule has 1 N–H and O–H groups in total. The van der Waals surface area contributed by atoms with E-state index < -0.39 is 6.04 Å². The summed E-state index contributed by atoms with van der Waals surface area (Å²) in [6, 6.07) is 13.0. The lowest BCUT2D eigenvalue weighted by molar-refractivity contribution is -0.142. The van der Waals surface area contributed by atoms with Gasteiger partial charge in [-0.3, -0.25) is 9.59 Å². The largest absolute Gasteiger partial charge is 0.483 e. The quantitative estimate of drug-likeness (QED) is 0.423. The summed E-state index contributed by atoms with van der Waals surface area (Å²) in [6.45, 7) is 7.96. The highest BCUT2D eigenvalue weighted by Gasteiger charge is 2.27. The van der Waals surface area contributed by atoms with Crippen LogP contribution in [0.5, 0.6) is 5.75 Å². The summed E-state index contributed by atoms with van der Waals surface area (Å²) in [5.74, 6) is 0.181. The van der Waals surface area contributed by atoms with Crippen LogP contribution in [-0.4, -0.2) is 35.4 Å². The Morgan fingerprint density at radius 1 is 1.03 bits per heavy atom. The van der Waals surface area contributed by atoms with Crippen molar-refractivity contribution in [3.63, 3.8) is 0 Å². The average Bonchev–Trinajstić information content (AvgIpc) is 2.76. The molecule has 0 aliphatic rings. The number of rotatable bonds is 10. The SMILES string of the molecule is CCc1ccc(OCC(=O)N(Cc2ccc(Br)cc2)C(C)C(=O)NC(C)CC)c(Br)c1. The van der Waals surface area contributed by atoms with Crippen LogP contribution in [0.25, 0.3) is 0 Å². The molecule has 0 fully saturated rings. The van der Waals surface area contributed by atoms with Crippen molar-refractivity contribution in [1.82, 2.24) is 10.2 Å². The van der Waals surface area contributed by atoms with Gasteiger partial charge in [-0.25, -0.2) is 0 Å². The summed E-state index contributed by atoms with van der Waals surface area (Å²) in [6.07, 6.45) is 1.74. The molecule has 0 aromatic heterocycles. The molecule has 0 saturated heterocycles. The molecule has 0 saturated carbocycles. The van der Waals surface area contributed by atoms with Crippen LogP contribution < -0.4 is 10.1 Å². The third-order valence-electron chi connectivity index (χ3n) is 5.19. The first-order chi connectivity index (χ1) is 14.7. The molecule has 5 nitrogen and oxygen atoms in total. The molecule has 0 aliphatic carbocycles. The fourth-order valence-electron chi connectivity index (χ4n) is 2.94. The topological polar surface area (TPSA) is 58.6 Å². The molecule has 2 amide bonds. The van der Waals surface area contributed by atoms with Crippen molar-refractivity contribution >= 4 is 43.7 Å². The van der Waals surface area contributed by atoms with Gasteiger partial charge in [0, 0.05) is 17.1 Å². The highest BCUT2D eigenvalue weighted by Crippen LogP contribution is 2.26. The molecule has 31 heavy (non-hydrogen) atoms. The van der Waals surface area contributed by atoms with Crippen molar-refractivity contribution in [2.24, 2.45) is 0 Å². The number of hydrogen-bond donors (Lipinski definition) is 1. The normalized spacial score (nSPS) is 12.7. The monoisotopic (exact) mass is 552 g/mol. The first-order valence-corrected chi connectivity index (χ1v) is 12.1. The number of benzene rings is 2. The molecule has 7 heteroatoms. The Morgan fingerprint density at radius 2 is 1.68 bits per heavy atom. The van der Waals surface area contributed by atoms with E-state index in [0.717, 1.165) is 27.4 Å². The van der Waals surface area contributed by atoms with E-state index in [-0.39, 0.29) is 24.5 Å². The molecule has 0 heterocycles. The molecular weight excluding hydrogens is 524 g/mol. The highest BCUT2D eigenvalue weighted by molar-refractivity contribution is 9.10. The Hall–Kier alpha value is -1.86. The molecule has 2 atom stereocenters. The van der Waals surface area contributed by atoms with Crippen LogP contribution in [0, 0.1) is 0 Å². The van der Waals surface area contributed by atoms with Gasteiger partial charge < -0.3 is 15.0 Å². The summed E-state index contributed by atoms with van der Waals surface area (Å²) >= 11 is 6.93. The summed E-state index contributed by atoms with van der Waals surface area (Å²) in [4.78, 5) is 27.4. The third kappa shape index (κ3) is 7.65. The second kappa shape index (κ2) is 12.2. The molecule has 0 radical (unpaired) electrons. The van der Waals surface area contributed by atoms with Gasteiger partial charge in [0.25, 0.3) is 5.91 Å².